The van der Waals surface area contributed by atoms with E-state index in [9.17, 15) is 4.79 Å². The highest BCUT2D eigenvalue weighted by Gasteiger charge is 2.08. The van der Waals surface area contributed by atoms with Crippen molar-refractivity contribution in [3.05, 3.63) is 34.4 Å². The first kappa shape index (κ1) is 10.4. The zero-order valence-corrected chi connectivity index (χ0v) is 9.91. The predicted octanol–water partition coefficient (Wildman–Crippen LogP) is 2.08. The number of carbonyl (C=O) groups is 1. The molecule has 0 aliphatic heterocycles. The second kappa shape index (κ2) is 3.79. The Labute approximate surface area is 96.0 Å². The SMILES string of the molecule is Cn1cc(Br)c2ccc(C(=O)CN)cc21. The van der Waals surface area contributed by atoms with E-state index in [2.05, 4.69) is 15.9 Å². The van der Waals surface area contributed by atoms with Gasteiger partial charge in [-0.1, -0.05) is 12.1 Å². The van der Waals surface area contributed by atoms with E-state index in [0.29, 0.717) is 5.56 Å². The molecule has 2 aromatic rings. The summed E-state index contributed by atoms with van der Waals surface area (Å²) in [7, 11) is 1.95. The van der Waals surface area contributed by atoms with Gasteiger partial charge in [0, 0.05) is 34.2 Å². The molecule has 2 N–H and O–H groups in total. The normalized spacial score (nSPS) is 10.9. The van der Waals surface area contributed by atoms with Gasteiger partial charge >= 0.3 is 0 Å². The molecule has 0 radical (unpaired) electrons. The summed E-state index contributed by atoms with van der Waals surface area (Å²) in [6, 6.07) is 5.61. The maximum atomic E-state index is 11.4. The molecular formula is C11H11BrN2O. The Kier molecular flexibility index (Phi) is 2.63. The van der Waals surface area contributed by atoms with Gasteiger partial charge in [-0.25, -0.2) is 0 Å². The van der Waals surface area contributed by atoms with Crippen molar-refractivity contribution in [2.75, 3.05) is 6.54 Å². The number of carbonyl (C=O) groups excluding carboxylic acids is 1. The van der Waals surface area contributed by atoms with Crippen LogP contribution in [0.5, 0.6) is 0 Å². The largest absolute Gasteiger partial charge is 0.349 e. The van der Waals surface area contributed by atoms with E-state index < -0.39 is 0 Å². The summed E-state index contributed by atoms with van der Waals surface area (Å²) >= 11 is 3.47. The topological polar surface area (TPSA) is 48.0 Å². The Hall–Kier alpha value is -1.13. The second-order valence-electron chi connectivity index (χ2n) is 3.45. The number of nitrogens with two attached hydrogens (primary N) is 1. The standard InChI is InChI=1S/C11H11BrN2O/c1-14-6-9(12)8-3-2-7(4-10(8)14)11(15)5-13/h2-4,6H,5,13H2,1H3. The van der Waals surface area contributed by atoms with Crippen molar-refractivity contribution in [1.29, 1.82) is 0 Å². The first-order valence-corrected chi connectivity index (χ1v) is 5.40. The van der Waals surface area contributed by atoms with Gasteiger partial charge in [0.05, 0.1) is 6.54 Å². The molecular weight excluding hydrogens is 256 g/mol. The lowest BCUT2D eigenvalue weighted by molar-refractivity contribution is 0.100. The number of ketones is 1. The quantitative estimate of drug-likeness (QED) is 0.847. The first-order chi connectivity index (χ1) is 7.13. The summed E-state index contributed by atoms with van der Waals surface area (Å²) in [6.07, 6.45) is 1.97. The predicted molar refractivity (Wildman–Crippen MR) is 64.0 cm³/mol. The van der Waals surface area contributed by atoms with Crippen LogP contribution in [-0.4, -0.2) is 16.9 Å². The fourth-order valence-corrected chi connectivity index (χ4v) is 2.27. The summed E-state index contributed by atoms with van der Waals surface area (Å²) in [5, 5.41) is 1.10. The minimum absolute atomic E-state index is 0.0331. The zero-order chi connectivity index (χ0) is 11.0. The average molecular weight is 267 g/mol. The number of benzene rings is 1. The van der Waals surface area contributed by atoms with Crippen LogP contribution in [0.4, 0.5) is 0 Å². The summed E-state index contributed by atoms with van der Waals surface area (Å²) in [5.74, 6) is -0.0331. The lowest BCUT2D eigenvalue weighted by Gasteiger charge is -2.00. The van der Waals surface area contributed by atoms with Crippen LogP contribution in [-0.2, 0) is 7.05 Å². The highest BCUT2D eigenvalue weighted by Crippen LogP contribution is 2.26. The molecule has 0 unspecified atom stereocenters. The van der Waals surface area contributed by atoms with E-state index in [1.165, 1.54) is 0 Å². The van der Waals surface area contributed by atoms with Crippen molar-refractivity contribution >= 4 is 32.6 Å². The Bertz CT molecular complexity index is 531. The summed E-state index contributed by atoms with van der Waals surface area (Å²) in [5.41, 5.74) is 7.02. The van der Waals surface area contributed by atoms with Gasteiger partial charge in [-0.05, 0) is 22.0 Å². The van der Waals surface area contributed by atoms with Crippen molar-refractivity contribution in [1.82, 2.24) is 4.57 Å². The van der Waals surface area contributed by atoms with Crippen LogP contribution in [0.1, 0.15) is 10.4 Å². The highest BCUT2D eigenvalue weighted by molar-refractivity contribution is 9.10. The average Bonchev–Trinajstić information content (AvgIpc) is 2.53. The van der Waals surface area contributed by atoms with Crippen LogP contribution in [0.15, 0.2) is 28.9 Å². The van der Waals surface area contributed by atoms with Gasteiger partial charge in [-0.3, -0.25) is 4.79 Å². The molecule has 0 saturated carbocycles. The minimum atomic E-state index is -0.0331. The maximum Gasteiger partial charge on any atom is 0.176 e. The molecule has 15 heavy (non-hydrogen) atoms. The number of Topliss-reactive ketones (excluding diaryl/α,β-unsaturated/α-hetero) is 1. The van der Waals surface area contributed by atoms with Gasteiger partial charge in [0.2, 0.25) is 0 Å². The van der Waals surface area contributed by atoms with Crippen LogP contribution < -0.4 is 5.73 Å². The van der Waals surface area contributed by atoms with Crippen molar-refractivity contribution in [3.8, 4) is 0 Å². The molecule has 4 heteroatoms. The summed E-state index contributed by atoms with van der Waals surface area (Å²) < 4.78 is 3.01. The molecule has 0 aliphatic carbocycles. The molecule has 3 nitrogen and oxygen atoms in total. The molecule has 0 atom stereocenters. The van der Waals surface area contributed by atoms with Crippen LogP contribution in [0.2, 0.25) is 0 Å². The van der Waals surface area contributed by atoms with Crippen LogP contribution in [0.25, 0.3) is 10.9 Å². The third kappa shape index (κ3) is 1.70. The lowest BCUT2D eigenvalue weighted by atomic mass is 10.1. The fraction of sp³-hybridized carbons (Fsp3) is 0.182. The third-order valence-corrected chi connectivity index (χ3v) is 3.08. The number of aryl methyl sites for hydroxylation is 1. The van der Waals surface area contributed by atoms with E-state index in [0.717, 1.165) is 15.4 Å². The molecule has 0 saturated heterocycles. The Morgan fingerprint density at radius 1 is 1.53 bits per heavy atom. The molecule has 1 heterocycles. The molecule has 0 spiro atoms. The molecule has 78 valence electrons. The highest BCUT2D eigenvalue weighted by atomic mass is 79.9. The van der Waals surface area contributed by atoms with Crippen molar-refractivity contribution in [2.45, 2.75) is 0 Å². The number of nitrogens with zero attached hydrogens (tertiary/aromatic N) is 1. The molecule has 0 fully saturated rings. The van der Waals surface area contributed by atoms with E-state index in [1.807, 2.05) is 36.0 Å². The maximum absolute atomic E-state index is 11.4. The second-order valence-corrected chi connectivity index (χ2v) is 4.30. The van der Waals surface area contributed by atoms with Crippen LogP contribution in [0, 0.1) is 0 Å². The molecule has 0 amide bonds. The van der Waals surface area contributed by atoms with E-state index in [-0.39, 0.29) is 12.3 Å². The number of hydrogen-bond acceptors (Lipinski definition) is 2. The van der Waals surface area contributed by atoms with E-state index in [1.54, 1.807) is 0 Å². The van der Waals surface area contributed by atoms with Crippen molar-refractivity contribution in [3.63, 3.8) is 0 Å². The van der Waals surface area contributed by atoms with Crippen molar-refractivity contribution < 1.29 is 4.79 Å². The zero-order valence-electron chi connectivity index (χ0n) is 8.33. The summed E-state index contributed by atoms with van der Waals surface area (Å²) in [4.78, 5) is 11.4. The monoisotopic (exact) mass is 266 g/mol. The fourth-order valence-electron chi connectivity index (χ4n) is 1.63. The third-order valence-electron chi connectivity index (χ3n) is 2.45. The molecule has 0 bridgehead atoms. The van der Waals surface area contributed by atoms with Gasteiger partial charge in [0.1, 0.15) is 0 Å². The van der Waals surface area contributed by atoms with E-state index >= 15 is 0 Å². The van der Waals surface area contributed by atoms with Crippen LogP contribution in [0.3, 0.4) is 0 Å². The number of hydrogen-bond donors (Lipinski definition) is 1. The summed E-state index contributed by atoms with van der Waals surface area (Å²) in [6.45, 7) is 0.0527. The Balaban J connectivity index is 2.65. The minimum Gasteiger partial charge on any atom is -0.349 e. The molecule has 1 aromatic carbocycles. The smallest absolute Gasteiger partial charge is 0.176 e. The number of aromatic nitrogens is 1. The number of rotatable bonds is 2. The molecule has 1 aromatic heterocycles. The van der Waals surface area contributed by atoms with Gasteiger partial charge in [-0.15, -0.1) is 0 Å². The van der Waals surface area contributed by atoms with Crippen molar-refractivity contribution in [2.24, 2.45) is 12.8 Å². The molecule has 0 aliphatic rings. The van der Waals surface area contributed by atoms with Gasteiger partial charge in [0.25, 0.3) is 0 Å². The van der Waals surface area contributed by atoms with Crippen LogP contribution >= 0.6 is 15.9 Å². The Morgan fingerprint density at radius 2 is 2.27 bits per heavy atom. The number of fused-ring (bicyclic) bond motifs is 1. The first-order valence-electron chi connectivity index (χ1n) is 4.61. The molecule has 2 rings (SSSR count). The van der Waals surface area contributed by atoms with Gasteiger partial charge in [0.15, 0.2) is 5.78 Å². The lowest BCUT2D eigenvalue weighted by Crippen LogP contribution is -2.13. The van der Waals surface area contributed by atoms with E-state index in [4.69, 9.17) is 5.73 Å². The Morgan fingerprint density at radius 3 is 2.93 bits per heavy atom. The number of halogens is 1. The van der Waals surface area contributed by atoms with Gasteiger partial charge in [-0.2, -0.15) is 0 Å². The van der Waals surface area contributed by atoms with Gasteiger partial charge < -0.3 is 10.3 Å².